The van der Waals surface area contributed by atoms with Crippen LogP contribution in [0.4, 0.5) is 11.6 Å². The molecule has 128 valence electrons. The van der Waals surface area contributed by atoms with Crippen LogP contribution in [0, 0.1) is 20.8 Å². The van der Waals surface area contributed by atoms with E-state index in [1.54, 1.807) is 6.92 Å². The third-order valence-corrected chi connectivity index (χ3v) is 4.28. The quantitative estimate of drug-likeness (QED) is 0.910. The summed E-state index contributed by atoms with van der Waals surface area (Å²) in [6, 6.07) is 0. The Labute approximate surface area is 140 Å². The summed E-state index contributed by atoms with van der Waals surface area (Å²) in [5.74, 6) is 0.936. The first-order valence-electron chi connectivity index (χ1n) is 7.97. The van der Waals surface area contributed by atoms with Crippen LogP contribution in [0.5, 0.6) is 0 Å². The molecule has 1 aliphatic heterocycles. The van der Waals surface area contributed by atoms with E-state index in [2.05, 4.69) is 37.3 Å². The summed E-state index contributed by atoms with van der Waals surface area (Å²) in [4.78, 5) is 26.0. The molecule has 3 heterocycles. The number of hydrogen-bond acceptors (Lipinski definition) is 7. The topological polar surface area (TPSA) is 87.4 Å². The lowest BCUT2D eigenvalue weighted by atomic mass is 10.2. The van der Waals surface area contributed by atoms with Gasteiger partial charge in [-0.3, -0.25) is 4.79 Å². The maximum Gasteiger partial charge on any atom is 0.260 e. The Hall–Kier alpha value is -2.48. The molecular formula is C16H22N6O2. The van der Waals surface area contributed by atoms with Crippen molar-refractivity contribution in [2.24, 2.45) is 0 Å². The van der Waals surface area contributed by atoms with E-state index in [1.165, 1.54) is 6.20 Å². The van der Waals surface area contributed by atoms with Gasteiger partial charge in [0.1, 0.15) is 11.3 Å². The van der Waals surface area contributed by atoms with Crippen LogP contribution in [-0.2, 0) is 0 Å². The molecule has 1 fully saturated rings. The minimum absolute atomic E-state index is 0.268. The van der Waals surface area contributed by atoms with Gasteiger partial charge in [0.15, 0.2) is 0 Å². The van der Waals surface area contributed by atoms with Gasteiger partial charge < -0.3 is 19.6 Å². The summed E-state index contributed by atoms with van der Waals surface area (Å²) in [5, 5.41) is 6.50. The van der Waals surface area contributed by atoms with Crippen molar-refractivity contribution in [3.05, 3.63) is 28.9 Å². The van der Waals surface area contributed by atoms with E-state index in [0.29, 0.717) is 17.0 Å². The highest BCUT2D eigenvalue weighted by molar-refractivity contribution is 6.05. The molecule has 0 aromatic carbocycles. The number of likely N-dealkylation sites (N-methyl/N-ethyl adjacent to an activating group) is 1. The van der Waals surface area contributed by atoms with E-state index >= 15 is 0 Å². The summed E-state index contributed by atoms with van der Waals surface area (Å²) in [5.41, 5.74) is 2.55. The lowest BCUT2D eigenvalue weighted by Gasteiger charge is -2.32. The fourth-order valence-corrected chi connectivity index (χ4v) is 2.72. The average Bonchev–Trinajstić information content (AvgIpc) is 2.97. The number of amides is 1. The molecular weight excluding hydrogens is 308 g/mol. The van der Waals surface area contributed by atoms with E-state index in [1.807, 2.05) is 13.8 Å². The molecule has 2 aromatic heterocycles. The summed E-state index contributed by atoms with van der Waals surface area (Å²) in [6.07, 6.45) is 1.41. The van der Waals surface area contributed by atoms with Gasteiger partial charge in [-0.15, -0.1) is 0 Å². The maximum atomic E-state index is 12.3. The van der Waals surface area contributed by atoms with Crippen molar-refractivity contribution in [2.45, 2.75) is 20.8 Å². The zero-order valence-electron chi connectivity index (χ0n) is 14.5. The van der Waals surface area contributed by atoms with E-state index in [4.69, 9.17) is 4.52 Å². The molecule has 0 radical (unpaired) electrons. The van der Waals surface area contributed by atoms with Crippen LogP contribution >= 0.6 is 0 Å². The van der Waals surface area contributed by atoms with Crippen LogP contribution in [-0.4, -0.2) is 59.2 Å². The molecule has 1 amide bonds. The number of rotatable bonds is 3. The van der Waals surface area contributed by atoms with Crippen LogP contribution in [0.2, 0.25) is 0 Å². The smallest absolute Gasteiger partial charge is 0.260 e. The normalized spacial score (nSPS) is 15.6. The molecule has 1 N–H and O–H groups in total. The minimum Gasteiger partial charge on any atom is -0.361 e. The van der Waals surface area contributed by atoms with E-state index < -0.39 is 0 Å². The van der Waals surface area contributed by atoms with Crippen molar-refractivity contribution < 1.29 is 9.32 Å². The van der Waals surface area contributed by atoms with Gasteiger partial charge in [-0.25, -0.2) is 9.97 Å². The molecule has 0 atom stereocenters. The van der Waals surface area contributed by atoms with Gasteiger partial charge in [0, 0.05) is 26.2 Å². The number of carbonyl (C=O) groups is 1. The van der Waals surface area contributed by atoms with E-state index in [9.17, 15) is 4.79 Å². The number of carbonyl (C=O) groups excluding carboxylic acids is 1. The molecule has 0 saturated carbocycles. The van der Waals surface area contributed by atoms with Crippen LogP contribution in [0.25, 0.3) is 0 Å². The highest BCUT2D eigenvalue weighted by Gasteiger charge is 2.20. The summed E-state index contributed by atoms with van der Waals surface area (Å²) in [7, 11) is 2.11. The highest BCUT2D eigenvalue weighted by Crippen LogP contribution is 2.22. The third kappa shape index (κ3) is 3.23. The second kappa shape index (κ2) is 6.56. The molecule has 1 aliphatic rings. The Balaban J connectivity index is 1.80. The maximum absolute atomic E-state index is 12.3. The number of nitrogens with zero attached hydrogens (tertiary/aromatic N) is 5. The van der Waals surface area contributed by atoms with Gasteiger partial charge in [-0.2, -0.15) is 0 Å². The predicted octanol–water partition coefficient (Wildman–Crippen LogP) is 1.39. The molecule has 1 saturated heterocycles. The first-order valence-corrected chi connectivity index (χ1v) is 7.97. The second-order valence-corrected chi connectivity index (χ2v) is 6.11. The van der Waals surface area contributed by atoms with Crippen molar-refractivity contribution >= 4 is 17.5 Å². The van der Waals surface area contributed by atoms with Gasteiger partial charge in [-0.05, 0) is 27.8 Å². The number of nitrogens with one attached hydrogen (secondary N) is 1. The second-order valence-electron chi connectivity index (χ2n) is 6.11. The molecule has 0 aliphatic carbocycles. The standard InChI is InChI=1S/C16H22N6O2/c1-10-14(20-15(23)13-9-17-24-12(13)3)11(2)19-16(18-10)22-7-5-21(4)6-8-22/h9H,5-8H2,1-4H3,(H,20,23). The zero-order valence-corrected chi connectivity index (χ0v) is 14.5. The van der Waals surface area contributed by atoms with Gasteiger partial charge in [0.2, 0.25) is 5.95 Å². The average molecular weight is 330 g/mol. The SMILES string of the molecule is Cc1nc(N2CCN(C)CC2)nc(C)c1NC(=O)c1cnoc1C. The molecule has 8 nitrogen and oxygen atoms in total. The fraction of sp³-hybridized carbons (Fsp3) is 0.500. The Bertz CT molecular complexity index is 726. The number of aryl methyl sites for hydroxylation is 3. The van der Waals surface area contributed by atoms with Crippen molar-refractivity contribution in [2.75, 3.05) is 43.4 Å². The largest absolute Gasteiger partial charge is 0.361 e. The summed E-state index contributed by atoms with van der Waals surface area (Å²) >= 11 is 0. The fourth-order valence-electron chi connectivity index (χ4n) is 2.72. The molecule has 8 heteroatoms. The number of piperazine rings is 1. The lowest BCUT2D eigenvalue weighted by Crippen LogP contribution is -2.45. The van der Waals surface area contributed by atoms with E-state index in [-0.39, 0.29) is 5.91 Å². The van der Waals surface area contributed by atoms with Gasteiger partial charge in [0.05, 0.1) is 23.3 Å². The van der Waals surface area contributed by atoms with Crippen molar-refractivity contribution in [1.82, 2.24) is 20.0 Å². The minimum atomic E-state index is -0.268. The van der Waals surface area contributed by atoms with Crippen LogP contribution < -0.4 is 10.2 Å². The van der Waals surface area contributed by atoms with Crippen molar-refractivity contribution in [3.8, 4) is 0 Å². The lowest BCUT2D eigenvalue weighted by molar-refractivity contribution is 0.102. The molecule has 0 unspecified atom stereocenters. The first-order chi connectivity index (χ1) is 11.5. The molecule has 3 rings (SSSR count). The Morgan fingerprint density at radius 2 is 1.75 bits per heavy atom. The van der Waals surface area contributed by atoms with Crippen LogP contribution in [0.1, 0.15) is 27.5 Å². The van der Waals surface area contributed by atoms with Gasteiger partial charge >= 0.3 is 0 Å². The summed E-state index contributed by atoms with van der Waals surface area (Å²) < 4.78 is 4.94. The summed E-state index contributed by atoms with van der Waals surface area (Å²) in [6.45, 7) is 9.25. The Kier molecular flexibility index (Phi) is 4.48. The van der Waals surface area contributed by atoms with Crippen LogP contribution in [0.3, 0.4) is 0 Å². The number of anilines is 2. The Morgan fingerprint density at radius 1 is 1.12 bits per heavy atom. The Morgan fingerprint density at radius 3 is 2.29 bits per heavy atom. The monoisotopic (exact) mass is 330 g/mol. The van der Waals surface area contributed by atoms with Crippen LogP contribution in [0.15, 0.2) is 10.7 Å². The zero-order chi connectivity index (χ0) is 17.3. The molecule has 24 heavy (non-hydrogen) atoms. The number of aromatic nitrogens is 3. The number of hydrogen-bond donors (Lipinski definition) is 1. The molecule has 0 spiro atoms. The molecule has 2 aromatic rings. The highest BCUT2D eigenvalue weighted by atomic mass is 16.5. The first kappa shape index (κ1) is 16.4. The van der Waals surface area contributed by atoms with E-state index in [0.717, 1.165) is 43.5 Å². The molecule has 0 bridgehead atoms. The van der Waals surface area contributed by atoms with Gasteiger partial charge in [0.25, 0.3) is 5.91 Å². The predicted molar refractivity (Wildman–Crippen MR) is 90.4 cm³/mol. The van der Waals surface area contributed by atoms with Crippen molar-refractivity contribution in [1.29, 1.82) is 0 Å². The van der Waals surface area contributed by atoms with Crippen molar-refractivity contribution in [3.63, 3.8) is 0 Å². The van der Waals surface area contributed by atoms with Gasteiger partial charge in [-0.1, -0.05) is 5.16 Å². The third-order valence-electron chi connectivity index (χ3n) is 4.28.